The number of para-hydroxylation sites is 1. The van der Waals surface area contributed by atoms with Gasteiger partial charge in [-0.15, -0.1) is 0 Å². The van der Waals surface area contributed by atoms with Crippen LogP contribution in [0.4, 0.5) is 5.69 Å². The average Bonchev–Trinajstić information content (AvgIpc) is 2.60. The molecule has 116 valence electrons. The number of nitriles is 2. The number of aromatic carboxylic acids is 1. The average molecular weight is 317 g/mol. The molecule has 1 amide bonds. The summed E-state index contributed by atoms with van der Waals surface area (Å²) in [5.74, 6) is -1.89. The highest BCUT2D eigenvalue weighted by atomic mass is 16.4. The summed E-state index contributed by atoms with van der Waals surface area (Å²) >= 11 is 0. The van der Waals surface area contributed by atoms with E-state index in [0.29, 0.717) is 11.1 Å². The van der Waals surface area contributed by atoms with Crippen LogP contribution in [0.3, 0.4) is 0 Å². The molecule has 2 N–H and O–H groups in total. The zero-order valence-corrected chi connectivity index (χ0v) is 12.4. The van der Waals surface area contributed by atoms with Crippen molar-refractivity contribution in [3.05, 3.63) is 70.8 Å². The topological polar surface area (TPSA) is 114 Å². The fraction of sp³-hybridized carbons (Fsp3) is 0. The maximum Gasteiger partial charge on any atom is 0.337 e. The molecule has 0 aliphatic carbocycles. The van der Waals surface area contributed by atoms with E-state index in [1.807, 2.05) is 6.07 Å². The second kappa shape index (κ2) is 7.39. The van der Waals surface area contributed by atoms with Gasteiger partial charge in [-0.2, -0.15) is 10.5 Å². The Bertz CT molecular complexity index is 900. The van der Waals surface area contributed by atoms with Crippen LogP contribution < -0.4 is 5.32 Å². The number of carbonyl (C=O) groups is 2. The summed E-state index contributed by atoms with van der Waals surface area (Å²) < 4.78 is 0. The molecule has 0 bridgehead atoms. The molecule has 6 nitrogen and oxygen atoms in total. The standard InChI is InChI=1S/C18H11N3O3/c19-10-13-7-5-12(6-8-13)9-14(11-20)17(22)21-16-4-2-1-3-15(16)18(23)24/h1-9H,(H,21,22)(H,23,24)/b14-9+. The Morgan fingerprint density at radius 2 is 1.71 bits per heavy atom. The van der Waals surface area contributed by atoms with E-state index in [1.54, 1.807) is 36.4 Å². The second-order valence-corrected chi connectivity index (χ2v) is 4.71. The molecule has 2 aromatic carbocycles. The minimum atomic E-state index is -1.18. The normalized spacial score (nSPS) is 10.3. The molecule has 0 atom stereocenters. The summed E-state index contributed by atoms with van der Waals surface area (Å²) in [5, 5.41) is 29.4. The van der Waals surface area contributed by atoms with Gasteiger partial charge in [0, 0.05) is 0 Å². The largest absolute Gasteiger partial charge is 0.478 e. The minimum Gasteiger partial charge on any atom is -0.478 e. The molecule has 0 aliphatic rings. The molecule has 2 aromatic rings. The van der Waals surface area contributed by atoms with E-state index in [4.69, 9.17) is 15.6 Å². The lowest BCUT2D eigenvalue weighted by atomic mass is 10.1. The third-order valence-corrected chi connectivity index (χ3v) is 3.12. The number of hydrogen-bond donors (Lipinski definition) is 2. The number of rotatable bonds is 4. The van der Waals surface area contributed by atoms with Crippen LogP contribution in [0.1, 0.15) is 21.5 Å². The van der Waals surface area contributed by atoms with Crippen LogP contribution in [0.25, 0.3) is 6.08 Å². The Morgan fingerprint density at radius 1 is 1.04 bits per heavy atom. The number of hydrogen-bond acceptors (Lipinski definition) is 4. The fourth-order valence-corrected chi connectivity index (χ4v) is 1.94. The zero-order valence-electron chi connectivity index (χ0n) is 12.4. The molecule has 0 unspecified atom stereocenters. The van der Waals surface area contributed by atoms with Crippen LogP contribution in [-0.4, -0.2) is 17.0 Å². The van der Waals surface area contributed by atoms with Crippen LogP contribution in [0.5, 0.6) is 0 Å². The lowest BCUT2D eigenvalue weighted by molar-refractivity contribution is -0.112. The van der Waals surface area contributed by atoms with Crippen molar-refractivity contribution in [2.75, 3.05) is 5.32 Å². The van der Waals surface area contributed by atoms with Gasteiger partial charge in [0.25, 0.3) is 5.91 Å². The molecule has 0 radical (unpaired) electrons. The first kappa shape index (κ1) is 16.5. The number of nitrogens with zero attached hydrogens (tertiary/aromatic N) is 2. The second-order valence-electron chi connectivity index (χ2n) is 4.71. The van der Waals surface area contributed by atoms with E-state index in [9.17, 15) is 9.59 Å². The first-order valence-corrected chi connectivity index (χ1v) is 6.81. The molecule has 0 spiro atoms. The minimum absolute atomic E-state index is 0.0680. The molecular weight excluding hydrogens is 306 g/mol. The van der Waals surface area contributed by atoms with Gasteiger partial charge >= 0.3 is 5.97 Å². The Kier molecular flexibility index (Phi) is 5.07. The predicted octanol–water partition coefficient (Wildman–Crippen LogP) is 2.80. The van der Waals surface area contributed by atoms with E-state index >= 15 is 0 Å². The summed E-state index contributed by atoms with van der Waals surface area (Å²) in [5.41, 5.74) is 0.898. The molecule has 0 aliphatic heterocycles. The highest BCUT2D eigenvalue weighted by Gasteiger charge is 2.14. The molecular formula is C18H11N3O3. The maximum atomic E-state index is 12.2. The molecule has 0 saturated carbocycles. The first-order chi connectivity index (χ1) is 11.5. The van der Waals surface area contributed by atoms with Crippen molar-refractivity contribution in [1.29, 1.82) is 10.5 Å². The SMILES string of the molecule is N#C/C(=C\c1ccc(C#N)cc1)C(=O)Nc1ccccc1C(=O)O. The Hall–Kier alpha value is -3.90. The predicted molar refractivity (Wildman–Crippen MR) is 86.8 cm³/mol. The van der Waals surface area contributed by atoms with E-state index < -0.39 is 11.9 Å². The van der Waals surface area contributed by atoms with Crippen LogP contribution in [-0.2, 0) is 4.79 Å². The van der Waals surface area contributed by atoms with Gasteiger partial charge in [0.15, 0.2) is 0 Å². The summed E-state index contributed by atoms with van der Waals surface area (Å²) in [4.78, 5) is 23.3. The highest BCUT2D eigenvalue weighted by Crippen LogP contribution is 2.17. The third-order valence-electron chi connectivity index (χ3n) is 3.12. The van der Waals surface area contributed by atoms with Crippen molar-refractivity contribution in [3.63, 3.8) is 0 Å². The number of nitrogens with one attached hydrogen (secondary N) is 1. The lowest BCUT2D eigenvalue weighted by Gasteiger charge is -2.07. The number of carbonyl (C=O) groups excluding carboxylic acids is 1. The van der Waals surface area contributed by atoms with Crippen molar-refractivity contribution < 1.29 is 14.7 Å². The third kappa shape index (κ3) is 3.85. The van der Waals surface area contributed by atoms with Crippen LogP contribution in [0.2, 0.25) is 0 Å². The van der Waals surface area contributed by atoms with E-state index in [-0.39, 0.29) is 16.8 Å². The van der Waals surface area contributed by atoms with E-state index in [1.165, 1.54) is 24.3 Å². The van der Waals surface area contributed by atoms with Gasteiger partial charge in [0.1, 0.15) is 11.6 Å². The molecule has 2 rings (SSSR count). The summed E-state index contributed by atoms with van der Waals surface area (Å²) in [7, 11) is 0. The smallest absolute Gasteiger partial charge is 0.337 e. The molecule has 0 saturated heterocycles. The quantitative estimate of drug-likeness (QED) is 0.664. The van der Waals surface area contributed by atoms with Gasteiger partial charge in [-0.3, -0.25) is 4.79 Å². The summed E-state index contributed by atoms with van der Waals surface area (Å²) in [6, 6.07) is 16.0. The van der Waals surface area contributed by atoms with Crippen molar-refractivity contribution in [3.8, 4) is 12.1 Å². The highest BCUT2D eigenvalue weighted by molar-refractivity contribution is 6.11. The van der Waals surface area contributed by atoms with Gasteiger partial charge in [0.05, 0.1) is 22.9 Å². The van der Waals surface area contributed by atoms with Crippen LogP contribution >= 0.6 is 0 Å². The molecule has 0 aromatic heterocycles. The number of anilines is 1. The summed E-state index contributed by atoms with van der Waals surface area (Å²) in [6.07, 6.45) is 1.36. The number of amides is 1. The number of carboxylic acids is 1. The molecule has 0 heterocycles. The fourth-order valence-electron chi connectivity index (χ4n) is 1.94. The van der Waals surface area contributed by atoms with Crippen molar-refractivity contribution >= 4 is 23.6 Å². The Morgan fingerprint density at radius 3 is 2.29 bits per heavy atom. The van der Waals surface area contributed by atoms with Crippen molar-refractivity contribution in [2.24, 2.45) is 0 Å². The lowest BCUT2D eigenvalue weighted by Crippen LogP contribution is -2.16. The zero-order chi connectivity index (χ0) is 17.5. The Balaban J connectivity index is 2.27. The van der Waals surface area contributed by atoms with Gasteiger partial charge < -0.3 is 10.4 Å². The van der Waals surface area contributed by atoms with Gasteiger partial charge in [-0.05, 0) is 35.9 Å². The number of benzene rings is 2. The molecule has 6 heteroatoms. The van der Waals surface area contributed by atoms with Gasteiger partial charge in [0.2, 0.25) is 0 Å². The van der Waals surface area contributed by atoms with Crippen molar-refractivity contribution in [2.45, 2.75) is 0 Å². The van der Waals surface area contributed by atoms with Gasteiger partial charge in [-0.25, -0.2) is 4.79 Å². The van der Waals surface area contributed by atoms with E-state index in [2.05, 4.69) is 5.32 Å². The van der Waals surface area contributed by atoms with Gasteiger partial charge in [-0.1, -0.05) is 24.3 Å². The van der Waals surface area contributed by atoms with Crippen molar-refractivity contribution in [1.82, 2.24) is 0 Å². The van der Waals surface area contributed by atoms with E-state index in [0.717, 1.165) is 0 Å². The summed E-state index contributed by atoms with van der Waals surface area (Å²) in [6.45, 7) is 0. The first-order valence-electron chi connectivity index (χ1n) is 6.81. The Labute approximate surface area is 137 Å². The van der Waals surface area contributed by atoms with Crippen LogP contribution in [0, 0.1) is 22.7 Å². The molecule has 0 fully saturated rings. The van der Waals surface area contributed by atoms with Crippen LogP contribution in [0.15, 0.2) is 54.1 Å². The monoisotopic (exact) mass is 317 g/mol. The molecule has 24 heavy (non-hydrogen) atoms. The number of carboxylic acid groups (broad SMARTS) is 1. The maximum absolute atomic E-state index is 12.2.